The summed E-state index contributed by atoms with van der Waals surface area (Å²) in [6.07, 6.45) is 0. The highest BCUT2D eigenvalue weighted by molar-refractivity contribution is 6.43. The van der Waals surface area contributed by atoms with E-state index in [1.165, 1.54) is 0 Å². The van der Waals surface area contributed by atoms with Crippen LogP contribution in [0.25, 0.3) is 0 Å². The lowest BCUT2D eigenvalue weighted by Gasteiger charge is -2.18. The number of rotatable bonds is 7. The Labute approximate surface area is 158 Å². The maximum Gasteiger partial charge on any atom is 0.253 e. The molecular formula is C19H21Cl2NO3. The third kappa shape index (κ3) is 4.80. The summed E-state index contributed by atoms with van der Waals surface area (Å²) in [6.45, 7) is 6.80. The van der Waals surface area contributed by atoms with E-state index in [0.717, 1.165) is 5.56 Å². The van der Waals surface area contributed by atoms with Crippen LogP contribution in [0.2, 0.25) is 10.0 Å². The molecule has 0 saturated heterocycles. The Morgan fingerprint density at radius 1 is 1.08 bits per heavy atom. The topological polar surface area (TPSA) is 47.6 Å². The van der Waals surface area contributed by atoms with Crippen LogP contribution in [0, 0.1) is 0 Å². The van der Waals surface area contributed by atoms with E-state index in [1.54, 1.807) is 18.2 Å². The van der Waals surface area contributed by atoms with Crippen molar-refractivity contribution in [3.05, 3.63) is 57.6 Å². The number of nitrogens with one attached hydrogen (secondary N) is 1. The maximum atomic E-state index is 12.5. The van der Waals surface area contributed by atoms with Crippen molar-refractivity contribution < 1.29 is 14.3 Å². The standard InChI is InChI=1S/C19H21Cl2NO3/c1-4-24-16-10-9-13(11-17(16)25-5-2)12(3)22-19(23)14-7-6-8-15(20)18(14)21/h6-12H,4-5H2,1-3H3,(H,22,23). The number of hydrogen-bond donors (Lipinski definition) is 1. The van der Waals surface area contributed by atoms with Gasteiger partial charge >= 0.3 is 0 Å². The quantitative estimate of drug-likeness (QED) is 0.709. The molecule has 0 bridgehead atoms. The molecule has 0 aliphatic heterocycles. The minimum atomic E-state index is -0.285. The number of ether oxygens (including phenoxy) is 2. The van der Waals surface area contributed by atoms with Gasteiger partial charge in [-0.1, -0.05) is 35.3 Å². The zero-order valence-electron chi connectivity index (χ0n) is 14.4. The predicted octanol–water partition coefficient (Wildman–Crippen LogP) is 5.28. The van der Waals surface area contributed by atoms with Crippen LogP contribution in [0.15, 0.2) is 36.4 Å². The van der Waals surface area contributed by atoms with Gasteiger partial charge in [-0.2, -0.15) is 0 Å². The molecule has 1 N–H and O–H groups in total. The average molecular weight is 382 g/mol. The molecule has 134 valence electrons. The number of halogens is 2. The van der Waals surface area contributed by atoms with Crippen molar-refractivity contribution >= 4 is 29.1 Å². The maximum absolute atomic E-state index is 12.5. The summed E-state index contributed by atoms with van der Waals surface area (Å²) in [6, 6.07) is 10.4. The van der Waals surface area contributed by atoms with Gasteiger partial charge in [0.1, 0.15) is 0 Å². The fraction of sp³-hybridized carbons (Fsp3) is 0.316. The summed E-state index contributed by atoms with van der Waals surface area (Å²) in [5.41, 5.74) is 1.25. The highest BCUT2D eigenvalue weighted by Crippen LogP contribution is 2.31. The van der Waals surface area contributed by atoms with Gasteiger partial charge in [-0.15, -0.1) is 0 Å². The van der Waals surface area contributed by atoms with E-state index >= 15 is 0 Å². The second kappa shape index (κ2) is 8.97. The highest BCUT2D eigenvalue weighted by atomic mass is 35.5. The number of benzene rings is 2. The van der Waals surface area contributed by atoms with Gasteiger partial charge in [-0.25, -0.2) is 0 Å². The predicted molar refractivity (Wildman–Crippen MR) is 101 cm³/mol. The molecular weight excluding hydrogens is 361 g/mol. The fourth-order valence-electron chi connectivity index (χ4n) is 2.37. The first-order valence-corrected chi connectivity index (χ1v) is 8.87. The number of hydrogen-bond acceptors (Lipinski definition) is 3. The van der Waals surface area contributed by atoms with Crippen LogP contribution in [0.5, 0.6) is 11.5 Å². The van der Waals surface area contributed by atoms with Crippen LogP contribution in [0.3, 0.4) is 0 Å². The van der Waals surface area contributed by atoms with Crippen molar-refractivity contribution in [1.29, 1.82) is 0 Å². The van der Waals surface area contributed by atoms with E-state index in [2.05, 4.69) is 5.32 Å². The van der Waals surface area contributed by atoms with E-state index in [0.29, 0.717) is 35.3 Å². The Morgan fingerprint density at radius 2 is 1.76 bits per heavy atom. The molecule has 6 heteroatoms. The van der Waals surface area contributed by atoms with Gasteiger partial charge in [0, 0.05) is 0 Å². The van der Waals surface area contributed by atoms with Gasteiger partial charge in [0.05, 0.1) is 34.9 Å². The molecule has 1 atom stereocenters. The summed E-state index contributed by atoms with van der Waals surface area (Å²) >= 11 is 12.1. The second-order valence-corrected chi connectivity index (χ2v) is 6.15. The van der Waals surface area contributed by atoms with Crippen molar-refractivity contribution in [1.82, 2.24) is 5.32 Å². The molecule has 0 heterocycles. The summed E-state index contributed by atoms with van der Waals surface area (Å²) in [4.78, 5) is 12.5. The largest absolute Gasteiger partial charge is 0.490 e. The van der Waals surface area contributed by atoms with Crippen LogP contribution in [0.4, 0.5) is 0 Å². The van der Waals surface area contributed by atoms with Crippen LogP contribution in [-0.2, 0) is 0 Å². The molecule has 0 aromatic heterocycles. The zero-order chi connectivity index (χ0) is 18.4. The van der Waals surface area contributed by atoms with Gasteiger partial charge in [0.15, 0.2) is 11.5 Å². The molecule has 2 aromatic carbocycles. The van der Waals surface area contributed by atoms with Gasteiger partial charge in [-0.05, 0) is 50.6 Å². The third-order valence-corrected chi connectivity index (χ3v) is 4.43. The summed E-state index contributed by atoms with van der Waals surface area (Å²) in [5.74, 6) is 1.06. The minimum Gasteiger partial charge on any atom is -0.490 e. The Morgan fingerprint density at radius 3 is 2.44 bits per heavy atom. The summed E-state index contributed by atoms with van der Waals surface area (Å²) < 4.78 is 11.2. The van der Waals surface area contributed by atoms with Crippen molar-refractivity contribution in [2.75, 3.05) is 13.2 Å². The number of carbonyl (C=O) groups excluding carboxylic acids is 1. The van der Waals surface area contributed by atoms with Crippen molar-refractivity contribution in [3.63, 3.8) is 0 Å². The Bertz CT molecular complexity index is 749. The van der Waals surface area contributed by atoms with Crippen molar-refractivity contribution in [2.45, 2.75) is 26.8 Å². The first-order valence-electron chi connectivity index (χ1n) is 8.12. The number of carbonyl (C=O) groups is 1. The zero-order valence-corrected chi connectivity index (χ0v) is 15.9. The number of amides is 1. The van der Waals surface area contributed by atoms with E-state index < -0.39 is 0 Å². The van der Waals surface area contributed by atoms with E-state index in [-0.39, 0.29) is 17.0 Å². The molecule has 0 fully saturated rings. The van der Waals surface area contributed by atoms with E-state index in [4.69, 9.17) is 32.7 Å². The van der Waals surface area contributed by atoms with Crippen molar-refractivity contribution in [3.8, 4) is 11.5 Å². The molecule has 25 heavy (non-hydrogen) atoms. The summed E-state index contributed by atoms with van der Waals surface area (Å²) in [5, 5.41) is 3.52. The van der Waals surface area contributed by atoms with Gasteiger partial charge < -0.3 is 14.8 Å². The summed E-state index contributed by atoms with van der Waals surface area (Å²) in [7, 11) is 0. The molecule has 1 amide bonds. The minimum absolute atomic E-state index is 0.238. The molecule has 2 rings (SSSR count). The van der Waals surface area contributed by atoms with Crippen LogP contribution in [-0.4, -0.2) is 19.1 Å². The van der Waals surface area contributed by atoms with Gasteiger partial charge in [0.25, 0.3) is 5.91 Å². The Balaban J connectivity index is 2.19. The molecule has 0 aliphatic rings. The lowest BCUT2D eigenvalue weighted by atomic mass is 10.1. The Hall–Kier alpha value is -1.91. The molecule has 1 unspecified atom stereocenters. The molecule has 0 saturated carbocycles. The monoisotopic (exact) mass is 381 g/mol. The molecule has 0 aliphatic carbocycles. The molecule has 0 spiro atoms. The van der Waals surface area contributed by atoms with Crippen molar-refractivity contribution in [2.24, 2.45) is 0 Å². The molecule has 0 radical (unpaired) electrons. The van der Waals surface area contributed by atoms with E-state index in [9.17, 15) is 4.79 Å². The lowest BCUT2D eigenvalue weighted by Crippen LogP contribution is -2.27. The smallest absolute Gasteiger partial charge is 0.253 e. The average Bonchev–Trinajstić information content (AvgIpc) is 2.59. The first kappa shape index (κ1) is 19.4. The Kier molecular flexibility index (Phi) is 6.97. The molecule has 2 aromatic rings. The van der Waals surface area contributed by atoms with Crippen LogP contribution in [0.1, 0.15) is 42.7 Å². The highest BCUT2D eigenvalue weighted by Gasteiger charge is 2.17. The van der Waals surface area contributed by atoms with Crippen LogP contribution >= 0.6 is 23.2 Å². The van der Waals surface area contributed by atoms with Gasteiger partial charge in [0.2, 0.25) is 0 Å². The SMILES string of the molecule is CCOc1ccc(C(C)NC(=O)c2cccc(Cl)c2Cl)cc1OCC. The second-order valence-electron chi connectivity index (χ2n) is 5.37. The normalized spacial score (nSPS) is 11.7. The van der Waals surface area contributed by atoms with E-state index in [1.807, 2.05) is 39.0 Å². The fourth-order valence-corrected chi connectivity index (χ4v) is 2.76. The molecule has 4 nitrogen and oxygen atoms in total. The first-order chi connectivity index (χ1) is 12.0. The van der Waals surface area contributed by atoms with Gasteiger partial charge in [-0.3, -0.25) is 4.79 Å². The lowest BCUT2D eigenvalue weighted by molar-refractivity contribution is 0.0940. The third-order valence-electron chi connectivity index (χ3n) is 3.61. The van der Waals surface area contributed by atoms with Crippen LogP contribution < -0.4 is 14.8 Å².